The van der Waals surface area contributed by atoms with Crippen LogP contribution in [0.3, 0.4) is 0 Å². The second-order valence-corrected chi connectivity index (χ2v) is 14.6. The fourth-order valence-corrected chi connectivity index (χ4v) is 8.15. The fourth-order valence-electron chi connectivity index (χ4n) is 8.15. The summed E-state index contributed by atoms with van der Waals surface area (Å²) in [6.07, 6.45) is 9.30. The van der Waals surface area contributed by atoms with E-state index in [-0.39, 0.29) is 0 Å². The summed E-state index contributed by atoms with van der Waals surface area (Å²) >= 11 is 0. The SMILES string of the molecule is C=C1/C=C\C=C/Cc2ccccc2N1c1cccc(-c2ccc(N(c3ccc(-c4ccccc4)cc3)c3ccc(-c4cccc5c4oc4ccccc45)cc3)cc2)c1. The maximum Gasteiger partial charge on any atom is 0.143 e. The monoisotopic (exact) mass is 744 g/mol. The highest BCUT2D eigenvalue weighted by Gasteiger charge is 2.18. The molecule has 0 N–H and O–H groups in total. The maximum atomic E-state index is 6.40. The van der Waals surface area contributed by atoms with E-state index in [9.17, 15) is 0 Å². The van der Waals surface area contributed by atoms with E-state index in [2.05, 4.69) is 223 Å². The van der Waals surface area contributed by atoms with Gasteiger partial charge in [-0.2, -0.15) is 0 Å². The largest absolute Gasteiger partial charge is 0.455 e. The summed E-state index contributed by atoms with van der Waals surface area (Å²) in [5.74, 6) is 0. The predicted octanol–water partition coefficient (Wildman–Crippen LogP) is 15.4. The van der Waals surface area contributed by atoms with Crippen LogP contribution in [-0.4, -0.2) is 0 Å². The molecule has 0 amide bonds. The third-order valence-corrected chi connectivity index (χ3v) is 11.0. The number of benzene rings is 8. The van der Waals surface area contributed by atoms with Gasteiger partial charge in [-0.1, -0.05) is 158 Å². The molecule has 0 bridgehead atoms. The number of allylic oxidation sites excluding steroid dienone is 4. The van der Waals surface area contributed by atoms with Crippen LogP contribution in [0.1, 0.15) is 5.56 Å². The van der Waals surface area contributed by atoms with Gasteiger partial charge in [-0.15, -0.1) is 0 Å². The minimum Gasteiger partial charge on any atom is -0.455 e. The van der Waals surface area contributed by atoms with Crippen molar-refractivity contribution in [2.75, 3.05) is 9.80 Å². The van der Waals surface area contributed by atoms with Crippen LogP contribution in [-0.2, 0) is 6.42 Å². The molecule has 0 fully saturated rings. The lowest BCUT2D eigenvalue weighted by Crippen LogP contribution is -2.16. The lowest BCUT2D eigenvalue weighted by molar-refractivity contribution is 0.670. The van der Waals surface area contributed by atoms with Crippen molar-refractivity contribution in [3.63, 3.8) is 0 Å². The zero-order valence-corrected chi connectivity index (χ0v) is 32.0. The van der Waals surface area contributed by atoms with Gasteiger partial charge < -0.3 is 14.2 Å². The van der Waals surface area contributed by atoms with E-state index in [0.717, 1.165) is 84.7 Å². The number of furan rings is 1. The molecule has 276 valence electrons. The topological polar surface area (TPSA) is 19.6 Å². The van der Waals surface area contributed by atoms with Gasteiger partial charge in [0.15, 0.2) is 0 Å². The molecule has 3 nitrogen and oxygen atoms in total. The maximum absolute atomic E-state index is 6.40. The van der Waals surface area contributed by atoms with E-state index >= 15 is 0 Å². The van der Waals surface area contributed by atoms with Gasteiger partial charge in [-0.05, 0) is 107 Å². The van der Waals surface area contributed by atoms with E-state index < -0.39 is 0 Å². The van der Waals surface area contributed by atoms with Crippen molar-refractivity contribution in [3.8, 4) is 33.4 Å². The molecule has 8 aromatic carbocycles. The molecule has 0 radical (unpaired) electrons. The average molecular weight is 745 g/mol. The first-order valence-electron chi connectivity index (χ1n) is 19.7. The number of anilines is 5. The van der Waals surface area contributed by atoms with Crippen molar-refractivity contribution in [2.45, 2.75) is 6.42 Å². The van der Waals surface area contributed by atoms with Crippen LogP contribution in [0.5, 0.6) is 0 Å². The van der Waals surface area contributed by atoms with Crippen LogP contribution in [0.2, 0.25) is 0 Å². The molecular weight excluding hydrogens is 705 g/mol. The van der Waals surface area contributed by atoms with Gasteiger partial charge in [0.1, 0.15) is 11.2 Å². The molecule has 0 atom stereocenters. The molecule has 0 unspecified atom stereocenters. The fraction of sp³-hybridized carbons (Fsp3) is 0.0182. The molecule has 0 spiro atoms. The second-order valence-electron chi connectivity index (χ2n) is 14.6. The Bertz CT molecular complexity index is 2970. The van der Waals surface area contributed by atoms with Gasteiger partial charge in [0.25, 0.3) is 0 Å². The number of para-hydroxylation sites is 3. The minimum absolute atomic E-state index is 0.858. The first-order valence-corrected chi connectivity index (χ1v) is 19.7. The Morgan fingerprint density at radius 3 is 1.83 bits per heavy atom. The van der Waals surface area contributed by atoms with Gasteiger partial charge in [0.05, 0.1) is 0 Å². The molecule has 1 aromatic heterocycles. The number of rotatable bonds is 7. The minimum atomic E-state index is 0.858. The van der Waals surface area contributed by atoms with E-state index in [4.69, 9.17) is 4.42 Å². The zero-order chi connectivity index (χ0) is 38.8. The van der Waals surface area contributed by atoms with Gasteiger partial charge in [-0.25, -0.2) is 0 Å². The van der Waals surface area contributed by atoms with E-state index in [1.54, 1.807) is 0 Å². The molecule has 2 heterocycles. The summed E-state index contributed by atoms with van der Waals surface area (Å²) in [6, 6.07) is 69.1. The third-order valence-electron chi connectivity index (χ3n) is 11.0. The first kappa shape index (κ1) is 34.8. The highest BCUT2D eigenvalue weighted by Crippen LogP contribution is 2.41. The highest BCUT2D eigenvalue weighted by molar-refractivity contribution is 6.09. The standard InChI is InChI=1S/C55H40N2O/c1-39-14-4-2-7-17-44-18-8-10-24-53(44)56(39)49-20-12-19-45(38-49)42-28-34-47(35-29-42)57(46-32-26-41(27-33-46)40-15-5-3-6-16-40)48-36-30-43(31-37-48)50-22-13-23-52-51-21-9-11-25-54(51)58-55(50)52/h2-16,18-38H,1,17H2/b7-2-,14-4-. The van der Waals surface area contributed by atoms with E-state index in [1.807, 2.05) is 12.1 Å². The van der Waals surface area contributed by atoms with Crippen LogP contribution in [0, 0.1) is 0 Å². The third kappa shape index (κ3) is 6.59. The van der Waals surface area contributed by atoms with Crippen LogP contribution < -0.4 is 9.80 Å². The first-order chi connectivity index (χ1) is 28.7. The Morgan fingerprint density at radius 1 is 0.483 bits per heavy atom. The number of fused-ring (bicyclic) bond motifs is 4. The lowest BCUT2D eigenvalue weighted by atomic mass is 10.0. The summed E-state index contributed by atoms with van der Waals surface area (Å²) in [6.45, 7) is 4.47. The molecule has 1 aliphatic heterocycles. The summed E-state index contributed by atoms with van der Waals surface area (Å²) in [4.78, 5) is 4.58. The number of nitrogens with zero attached hydrogens (tertiary/aromatic N) is 2. The normalized spacial score (nSPS) is 13.7. The Labute approximate surface area is 339 Å². The van der Waals surface area contributed by atoms with Crippen LogP contribution in [0.4, 0.5) is 28.4 Å². The Hall–Kier alpha value is -7.62. The van der Waals surface area contributed by atoms with Gasteiger partial charge in [0.2, 0.25) is 0 Å². The molecule has 10 rings (SSSR count). The van der Waals surface area contributed by atoms with E-state index in [1.165, 1.54) is 16.7 Å². The summed E-state index contributed by atoms with van der Waals surface area (Å²) in [5.41, 5.74) is 16.3. The summed E-state index contributed by atoms with van der Waals surface area (Å²) in [5, 5.41) is 2.26. The predicted molar refractivity (Wildman–Crippen MR) is 244 cm³/mol. The van der Waals surface area contributed by atoms with Crippen LogP contribution >= 0.6 is 0 Å². The van der Waals surface area contributed by atoms with Gasteiger partial charge >= 0.3 is 0 Å². The smallest absolute Gasteiger partial charge is 0.143 e. The van der Waals surface area contributed by atoms with Crippen LogP contribution in [0.15, 0.2) is 235 Å². The Kier molecular flexibility index (Phi) is 9.09. The molecule has 1 aliphatic rings. The average Bonchev–Trinajstić information content (AvgIpc) is 3.70. The van der Waals surface area contributed by atoms with Crippen molar-refractivity contribution < 1.29 is 4.42 Å². The lowest BCUT2D eigenvalue weighted by Gasteiger charge is -2.28. The number of hydrogen-bond donors (Lipinski definition) is 0. The molecule has 0 aliphatic carbocycles. The van der Waals surface area contributed by atoms with Crippen molar-refractivity contribution in [1.29, 1.82) is 0 Å². The molecule has 0 saturated carbocycles. The highest BCUT2D eigenvalue weighted by atomic mass is 16.3. The Morgan fingerprint density at radius 2 is 1.07 bits per heavy atom. The molecule has 0 saturated heterocycles. The van der Waals surface area contributed by atoms with Gasteiger partial charge in [0, 0.05) is 50.5 Å². The molecule has 58 heavy (non-hydrogen) atoms. The molecule has 9 aromatic rings. The molecule has 3 heteroatoms. The molecular formula is C55H40N2O. The zero-order valence-electron chi connectivity index (χ0n) is 32.0. The van der Waals surface area contributed by atoms with Crippen molar-refractivity contribution in [2.24, 2.45) is 0 Å². The van der Waals surface area contributed by atoms with Crippen LogP contribution in [0.25, 0.3) is 55.3 Å². The second kappa shape index (κ2) is 15.1. The van der Waals surface area contributed by atoms with E-state index in [0.29, 0.717) is 0 Å². The number of hydrogen-bond acceptors (Lipinski definition) is 3. The van der Waals surface area contributed by atoms with Crippen molar-refractivity contribution >= 4 is 50.4 Å². The van der Waals surface area contributed by atoms with Crippen molar-refractivity contribution in [3.05, 3.63) is 236 Å². The quantitative estimate of drug-likeness (QED) is 0.162. The van der Waals surface area contributed by atoms with Crippen molar-refractivity contribution in [1.82, 2.24) is 0 Å². The van der Waals surface area contributed by atoms with Gasteiger partial charge in [-0.3, -0.25) is 0 Å². The summed E-state index contributed by atoms with van der Waals surface area (Å²) < 4.78 is 6.40. The summed E-state index contributed by atoms with van der Waals surface area (Å²) in [7, 11) is 0. The Balaban J connectivity index is 1.01.